The Kier molecular flexibility index (Phi) is 7.18. The molecule has 23 heavy (non-hydrogen) atoms. The minimum absolute atomic E-state index is 0.0580. The molecule has 0 aromatic heterocycles. The molecule has 1 rings (SSSR count). The highest BCUT2D eigenvalue weighted by atomic mass is 32.2. The first-order valence-corrected chi connectivity index (χ1v) is 9.07. The van der Waals surface area contributed by atoms with Crippen LogP contribution < -0.4 is 10.5 Å². The number of nitrogens with one attached hydrogen (secondary N) is 1. The Bertz CT molecular complexity index is 641. The Morgan fingerprint density at radius 3 is 2.17 bits per heavy atom. The molecule has 0 saturated heterocycles. The van der Waals surface area contributed by atoms with Gasteiger partial charge in [-0.3, -0.25) is 9.59 Å². The van der Waals surface area contributed by atoms with Crippen LogP contribution in [0.2, 0.25) is 0 Å². The number of hydrogen-bond donors (Lipinski definition) is 2. The van der Waals surface area contributed by atoms with Crippen LogP contribution >= 0.6 is 0 Å². The maximum Gasteiger partial charge on any atom is 0.313 e. The second-order valence-corrected chi connectivity index (χ2v) is 6.73. The molecule has 128 valence electrons. The van der Waals surface area contributed by atoms with E-state index >= 15 is 0 Å². The van der Waals surface area contributed by atoms with Crippen molar-refractivity contribution in [2.45, 2.75) is 38.0 Å². The first kappa shape index (κ1) is 19.1. The van der Waals surface area contributed by atoms with Gasteiger partial charge in [-0.05, 0) is 37.1 Å². The summed E-state index contributed by atoms with van der Waals surface area (Å²) in [6, 6.07) is 5.33. The summed E-state index contributed by atoms with van der Waals surface area (Å²) in [5.41, 5.74) is 0.336. The number of unbranched alkanes of at least 4 members (excludes halogenated alkanes) is 1. The van der Waals surface area contributed by atoms with Crippen molar-refractivity contribution in [2.24, 2.45) is 5.14 Å². The molecular weight excluding hydrogens is 318 g/mol. The molecule has 1 aromatic rings. The zero-order valence-corrected chi connectivity index (χ0v) is 14.2. The van der Waals surface area contributed by atoms with Crippen LogP contribution in [0.5, 0.6) is 0 Å². The van der Waals surface area contributed by atoms with Gasteiger partial charge in [-0.1, -0.05) is 20.3 Å². The summed E-state index contributed by atoms with van der Waals surface area (Å²) in [6.45, 7) is 5.02. The number of carbonyl (C=O) groups excluding carboxylic acids is 2. The monoisotopic (exact) mass is 341 g/mol. The number of carbonyl (C=O) groups is 2. The van der Waals surface area contributed by atoms with Crippen molar-refractivity contribution in [1.82, 2.24) is 4.90 Å². The number of benzene rings is 1. The summed E-state index contributed by atoms with van der Waals surface area (Å²) in [7, 11) is -3.78. The maximum absolute atomic E-state index is 12.2. The van der Waals surface area contributed by atoms with Crippen molar-refractivity contribution in [3.63, 3.8) is 0 Å². The minimum Gasteiger partial charge on any atom is -0.334 e. The van der Waals surface area contributed by atoms with E-state index in [1.54, 1.807) is 0 Å². The van der Waals surface area contributed by atoms with Gasteiger partial charge in [-0.2, -0.15) is 0 Å². The predicted octanol–water partition coefficient (Wildman–Crippen LogP) is 1.31. The standard InChI is InChI=1S/C15H23N3O4S/c1-3-5-11-18(10-4-2)15(20)14(19)17-12-6-8-13(9-7-12)23(16,21)22/h6-9H,3-5,10-11H2,1-2H3,(H,17,19)(H2,16,21,22). The Hall–Kier alpha value is -1.93. The van der Waals surface area contributed by atoms with E-state index in [-0.39, 0.29) is 4.90 Å². The molecule has 3 N–H and O–H groups in total. The van der Waals surface area contributed by atoms with Crippen LogP contribution in [0, 0.1) is 0 Å². The number of primary sulfonamides is 1. The van der Waals surface area contributed by atoms with Crippen molar-refractivity contribution in [3.8, 4) is 0 Å². The molecule has 0 aliphatic carbocycles. The normalized spacial score (nSPS) is 11.1. The highest BCUT2D eigenvalue weighted by molar-refractivity contribution is 7.89. The van der Waals surface area contributed by atoms with Gasteiger partial charge in [0.2, 0.25) is 10.0 Å². The van der Waals surface area contributed by atoms with Gasteiger partial charge in [0.1, 0.15) is 0 Å². The van der Waals surface area contributed by atoms with E-state index in [0.29, 0.717) is 18.8 Å². The molecule has 0 atom stereocenters. The average molecular weight is 341 g/mol. The van der Waals surface area contributed by atoms with Crippen LogP contribution in [-0.2, 0) is 19.6 Å². The summed E-state index contributed by atoms with van der Waals surface area (Å²) in [4.78, 5) is 25.7. The number of nitrogens with zero attached hydrogens (tertiary/aromatic N) is 1. The van der Waals surface area contributed by atoms with Gasteiger partial charge in [0.05, 0.1) is 4.90 Å². The van der Waals surface area contributed by atoms with Crippen molar-refractivity contribution in [3.05, 3.63) is 24.3 Å². The van der Waals surface area contributed by atoms with Crippen molar-refractivity contribution >= 4 is 27.5 Å². The molecule has 2 amide bonds. The Labute approximate surface area is 136 Å². The van der Waals surface area contributed by atoms with E-state index in [1.807, 2.05) is 13.8 Å². The lowest BCUT2D eigenvalue weighted by atomic mass is 10.2. The van der Waals surface area contributed by atoms with Crippen LogP contribution in [0.3, 0.4) is 0 Å². The molecule has 0 radical (unpaired) electrons. The van der Waals surface area contributed by atoms with Crippen LogP contribution in [0.4, 0.5) is 5.69 Å². The van der Waals surface area contributed by atoms with Crippen LogP contribution in [0.15, 0.2) is 29.2 Å². The average Bonchev–Trinajstić information content (AvgIpc) is 2.50. The highest BCUT2D eigenvalue weighted by Gasteiger charge is 2.21. The second kappa shape index (κ2) is 8.64. The number of anilines is 1. The molecule has 0 saturated carbocycles. The van der Waals surface area contributed by atoms with Gasteiger partial charge in [0.25, 0.3) is 0 Å². The zero-order valence-electron chi connectivity index (χ0n) is 13.4. The van der Waals surface area contributed by atoms with E-state index in [2.05, 4.69) is 5.32 Å². The van der Waals surface area contributed by atoms with E-state index in [0.717, 1.165) is 19.3 Å². The fourth-order valence-corrected chi connectivity index (χ4v) is 2.51. The van der Waals surface area contributed by atoms with Crippen molar-refractivity contribution in [1.29, 1.82) is 0 Å². The summed E-state index contributed by atoms with van der Waals surface area (Å²) in [5.74, 6) is -1.33. The number of nitrogens with two attached hydrogens (primary N) is 1. The summed E-state index contributed by atoms with van der Waals surface area (Å²) in [6.07, 6.45) is 2.54. The SMILES string of the molecule is CCCCN(CCC)C(=O)C(=O)Nc1ccc(S(N)(=O)=O)cc1. The number of hydrogen-bond acceptors (Lipinski definition) is 4. The lowest BCUT2D eigenvalue weighted by molar-refractivity contribution is -0.143. The third kappa shape index (κ3) is 5.99. The first-order valence-electron chi connectivity index (χ1n) is 7.52. The van der Waals surface area contributed by atoms with Gasteiger partial charge >= 0.3 is 11.8 Å². The third-order valence-corrected chi connectivity index (χ3v) is 4.13. The smallest absolute Gasteiger partial charge is 0.313 e. The van der Waals surface area contributed by atoms with Crippen LogP contribution in [0.25, 0.3) is 0 Å². The summed E-state index contributed by atoms with van der Waals surface area (Å²) < 4.78 is 22.3. The Balaban J connectivity index is 2.75. The van der Waals surface area contributed by atoms with Crippen molar-refractivity contribution < 1.29 is 18.0 Å². The molecule has 0 fully saturated rings. The van der Waals surface area contributed by atoms with E-state index in [1.165, 1.54) is 29.2 Å². The van der Waals surface area contributed by atoms with E-state index in [9.17, 15) is 18.0 Å². The molecule has 0 aliphatic rings. The van der Waals surface area contributed by atoms with E-state index < -0.39 is 21.8 Å². The summed E-state index contributed by atoms with van der Waals surface area (Å²) >= 11 is 0. The van der Waals surface area contributed by atoms with E-state index in [4.69, 9.17) is 5.14 Å². The molecule has 8 heteroatoms. The fourth-order valence-electron chi connectivity index (χ4n) is 1.99. The third-order valence-electron chi connectivity index (χ3n) is 3.20. The zero-order chi connectivity index (χ0) is 17.5. The maximum atomic E-state index is 12.2. The molecule has 1 aromatic carbocycles. The predicted molar refractivity (Wildman–Crippen MR) is 88.2 cm³/mol. The first-order chi connectivity index (χ1) is 10.8. The van der Waals surface area contributed by atoms with Gasteiger partial charge in [-0.15, -0.1) is 0 Å². The lowest BCUT2D eigenvalue weighted by Crippen LogP contribution is -2.40. The molecular formula is C15H23N3O4S. The fraction of sp³-hybridized carbons (Fsp3) is 0.467. The quantitative estimate of drug-likeness (QED) is 0.729. The number of amides is 2. The second-order valence-electron chi connectivity index (χ2n) is 5.17. The number of rotatable bonds is 7. The van der Waals surface area contributed by atoms with Crippen LogP contribution in [0.1, 0.15) is 33.1 Å². The lowest BCUT2D eigenvalue weighted by Gasteiger charge is -2.21. The van der Waals surface area contributed by atoms with Gasteiger partial charge in [0, 0.05) is 18.8 Å². The summed E-state index contributed by atoms with van der Waals surface area (Å²) in [5, 5.41) is 7.47. The topological polar surface area (TPSA) is 110 Å². The molecule has 0 bridgehead atoms. The number of sulfonamides is 1. The van der Waals surface area contributed by atoms with Gasteiger partial charge < -0.3 is 10.2 Å². The van der Waals surface area contributed by atoms with Crippen molar-refractivity contribution in [2.75, 3.05) is 18.4 Å². The minimum atomic E-state index is -3.78. The van der Waals surface area contributed by atoms with Crippen LogP contribution in [-0.4, -0.2) is 38.2 Å². The van der Waals surface area contributed by atoms with Gasteiger partial charge in [-0.25, -0.2) is 13.6 Å². The largest absolute Gasteiger partial charge is 0.334 e. The molecule has 0 spiro atoms. The Morgan fingerprint density at radius 1 is 1.09 bits per heavy atom. The van der Waals surface area contributed by atoms with Gasteiger partial charge in [0.15, 0.2) is 0 Å². The molecule has 0 aliphatic heterocycles. The molecule has 0 unspecified atom stereocenters. The Morgan fingerprint density at radius 2 is 1.70 bits per heavy atom. The highest BCUT2D eigenvalue weighted by Crippen LogP contribution is 2.13. The molecule has 0 heterocycles. The molecule has 7 nitrogen and oxygen atoms in total.